The van der Waals surface area contributed by atoms with Crippen molar-refractivity contribution in [2.45, 2.75) is 33.3 Å². The Balaban J connectivity index is 1.90. The van der Waals surface area contributed by atoms with Gasteiger partial charge in [-0.1, -0.05) is 6.92 Å². The first-order valence-corrected chi connectivity index (χ1v) is 9.50. The van der Waals surface area contributed by atoms with Crippen LogP contribution in [0, 0.1) is 0 Å². The SMILES string of the molecule is CCCOC(=O)c1ccc(C(=O)NNC(=O)c2ccc(C(=O)OC(C)C)cc2)cc1. The van der Waals surface area contributed by atoms with E-state index in [2.05, 4.69) is 10.9 Å². The van der Waals surface area contributed by atoms with E-state index in [0.29, 0.717) is 17.7 Å². The highest BCUT2D eigenvalue weighted by Crippen LogP contribution is 2.08. The number of benzene rings is 2. The molecule has 2 aromatic carbocycles. The van der Waals surface area contributed by atoms with Gasteiger partial charge in [0.25, 0.3) is 11.8 Å². The van der Waals surface area contributed by atoms with E-state index in [1.807, 2.05) is 6.92 Å². The number of amides is 2. The second-order valence-electron chi connectivity index (χ2n) is 6.65. The molecule has 0 radical (unpaired) electrons. The number of rotatable bonds is 7. The predicted octanol–water partition coefficient (Wildman–Crippen LogP) is 2.89. The maximum Gasteiger partial charge on any atom is 0.338 e. The number of esters is 2. The molecule has 30 heavy (non-hydrogen) atoms. The summed E-state index contributed by atoms with van der Waals surface area (Å²) in [6.45, 7) is 5.71. The first kappa shape index (κ1) is 22.6. The van der Waals surface area contributed by atoms with Crippen LogP contribution in [-0.2, 0) is 9.47 Å². The number of hydrogen-bond donors (Lipinski definition) is 2. The average Bonchev–Trinajstić information content (AvgIpc) is 2.75. The van der Waals surface area contributed by atoms with Crippen molar-refractivity contribution in [1.82, 2.24) is 10.9 Å². The van der Waals surface area contributed by atoms with Crippen LogP contribution in [0.3, 0.4) is 0 Å². The lowest BCUT2D eigenvalue weighted by Crippen LogP contribution is -2.41. The van der Waals surface area contributed by atoms with Gasteiger partial charge in [-0.2, -0.15) is 0 Å². The summed E-state index contributed by atoms with van der Waals surface area (Å²) in [5.41, 5.74) is 5.76. The number of carbonyl (C=O) groups is 4. The molecule has 0 unspecified atom stereocenters. The van der Waals surface area contributed by atoms with Gasteiger partial charge in [0.15, 0.2) is 0 Å². The summed E-state index contributed by atoms with van der Waals surface area (Å²) in [5, 5.41) is 0. The Morgan fingerprint density at radius 2 is 1.13 bits per heavy atom. The number of hydrazine groups is 1. The second-order valence-corrected chi connectivity index (χ2v) is 6.65. The summed E-state index contributed by atoms with van der Waals surface area (Å²) in [4.78, 5) is 47.9. The van der Waals surface area contributed by atoms with Gasteiger partial charge in [0.1, 0.15) is 0 Å². The summed E-state index contributed by atoms with van der Waals surface area (Å²) >= 11 is 0. The number of hydrogen-bond acceptors (Lipinski definition) is 6. The summed E-state index contributed by atoms with van der Waals surface area (Å²) in [5.74, 6) is -2.04. The summed E-state index contributed by atoms with van der Waals surface area (Å²) in [6.07, 6.45) is 0.475. The maximum atomic E-state index is 12.2. The lowest BCUT2D eigenvalue weighted by atomic mass is 10.1. The van der Waals surface area contributed by atoms with Crippen molar-refractivity contribution < 1.29 is 28.7 Å². The lowest BCUT2D eigenvalue weighted by Gasteiger charge is -2.10. The molecule has 2 amide bonds. The van der Waals surface area contributed by atoms with Crippen LogP contribution in [0.1, 0.15) is 68.6 Å². The van der Waals surface area contributed by atoms with Crippen LogP contribution < -0.4 is 10.9 Å². The highest BCUT2D eigenvalue weighted by molar-refractivity contribution is 6.00. The first-order chi connectivity index (χ1) is 14.3. The molecular formula is C22H24N2O6. The molecule has 0 saturated heterocycles. The highest BCUT2D eigenvalue weighted by atomic mass is 16.5. The molecule has 0 aliphatic carbocycles. The zero-order valence-corrected chi connectivity index (χ0v) is 17.1. The van der Waals surface area contributed by atoms with Crippen LogP contribution in [0.5, 0.6) is 0 Å². The lowest BCUT2D eigenvalue weighted by molar-refractivity contribution is 0.0377. The van der Waals surface area contributed by atoms with E-state index < -0.39 is 23.8 Å². The fourth-order valence-corrected chi connectivity index (χ4v) is 2.33. The smallest absolute Gasteiger partial charge is 0.338 e. The van der Waals surface area contributed by atoms with Gasteiger partial charge in [0.05, 0.1) is 23.8 Å². The van der Waals surface area contributed by atoms with Gasteiger partial charge in [0.2, 0.25) is 0 Å². The van der Waals surface area contributed by atoms with Crippen LogP contribution in [-0.4, -0.2) is 36.5 Å². The Morgan fingerprint density at radius 3 is 1.53 bits per heavy atom. The molecule has 0 aromatic heterocycles. The van der Waals surface area contributed by atoms with Crippen LogP contribution >= 0.6 is 0 Å². The van der Waals surface area contributed by atoms with Gasteiger partial charge in [-0.25, -0.2) is 9.59 Å². The van der Waals surface area contributed by atoms with Crippen molar-refractivity contribution in [3.05, 3.63) is 70.8 Å². The fourth-order valence-electron chi connectivity index (χ4n) is 2.33. The fraction of sp³-hybridized carbons (Fsp3) is 0.273. The zero-order valence-electron chi connectivity index (χ0n) is 17.1. The minimum atomic E-state index is -0.549. The quantitative estimate of drug-likeness (QED) is 0.534. The van der Waals surface area contributed by atoms with Crippen LogP contribution in [0.2, 0.25) is 0 Å². The summed E-state index contributed by atoms with van der Waals surface area (Å²) in [6, 6.07) is 11.7. The van der Waals surface area contributed by atoms with Crippen LogP contribution in [0.4, 0.5) is 0 Å². The molecule has 0 spiro atoms. The van der Waals surface area contributed by atoms with Crippen molar-refractivity contribution in [2.24, 2.45) is 0 Å². The molecule has 0 heterocycles. The van der Waals surface area contributed by atoms with Crippen LogP contribution in [0.15, 0.2) is 48.5 Å². The van der Waals surface area contributed by atoms with E-state index in [0.717, 1.165) is 6.42 Å². The van der Waals surface area contributed by atoms with E-state index in [-0.39, 0.29) is 17.2 Å². The molecule has 8 heteroatoms. The molecule has 0 bridgehead atoms. The van der Waals surface area contributed by atoms with E-state index >= 15 is 0 Å². The summed E-state index contributed by atoms with van der Waals surface area (Å²) < 4.78 is 10.1. The Bertz CT molecular complexity index is 904. The highest BCUT2D eigenvalue weighted by Gasteiger charge is 2.13. The third kappa shape index (κ3) is 6.44. The van der Waals surface area contributed by atoms with Crippen molar-refractivity contribution >= 4 is 23.8 Å². The zero-order chi connectivity index (χ0) is 22.1. The first-order valence-electron chi connectivity index (χ1n) is 9.50. The standard InChI is InChI=1S/C22H24N2O6/c1-4-13-29-21(27)17-9-5-15(6-10-17)19(25)23-24-20(26)16-7-11-18(12-8-16)22(28)30-14(2)3/h5-12,14H,4,13H2,1-3H3,(H,23,25)(H,24,26). The summed E-state index contributed by atoms with van der Waals surface area (Å²) in [7, 11) is 0. The maximum absolute atomic E-state index is 12.2. The van der Waals surface area contributed by atoms with E-state index in [1.54, 1.807) is 13.8 Å². The molecule has 0 atom stereocenters. The third-order valence-corrected chi connectivity index (χ3v) is 3.84. The van der Waals surface area contributed by atoms with E-state index in [9.17, 15) is 19.2 Å². The van der Waals surface area contributed by atoms with Crippen molar-refractivity contribution in [3.63, 3.8) is 0 Å². The third-order valence-electron chi connectivity index (χ3n) is 3.84. The van der Waals surface area contributed by atoms with E-state index in [4.69, 9.17) is 9.47 Å². The molecule has 2 aromatic rings. The topological polar surface area (TPSA) is 111 Å². The normalized spacial score (nSPS) is 10.3. The van der Waals surface area contributed by atoms with Gasteiger partial charge >= 0.3 is 11.9 Å². The molecule has 158 valence electrons. The molecule has 2 rings (SSSR count). The largest absolute Gasteiger partial charge is 0.462 e. The number of ether oxygens (including phenoxy) is 2. The Morgan fingerprint density at radius 1 is 0.733 bits per heavy atom. The minimum Gasteiger partial charge on any atom is -0.462 e. The van der Waals surface area contributed by atoms with Crippen molar-refractivity contribution in [2.75, 3.05) is 6.61 Å². The molecular weight excluding hydrogens is 388 g/mol. The minimum absolute atomic E-state index is 0.244. The predicted molar refractivity (Wildman–Crippen MR) is 109 cm³/mol. The molecule has 0 fully saturated rings. The number of carbonyl (C=O) groups excluding carboxylic acids is 4. The number of nitrogens with one attached hydrogen (secondary N) is 2. The van der Waals surface area contributed by atoms with Gasteiger partial charge in [-0.3, -0.25) is 20.4 Å². The Hall–Kier alpha value is -3.68. The van der Waals surface area contributed by atoms with E-state index in [1.165, 1.54) is 48.5 Å². The van der Waals surface area contributed by atoms with Gasteiger partial charge < -0.3 is 9.47 Å². The van der Waals surface area contributed by atoms with Crippen LogP contribution in [0.25, 0.3) is 0 Å². The van der Waals surface area contributed by atoms with Gasteiger partial charge in [-0.05, 0) is 68.8 Å². The molecule has 2 N–H and O–H groups in total. The van der Waals surface area contributed by atoms with Gasteiger partial charge in [0, 0.05) is 11.1 Å². The Labute approximate surface area is 174 Å². The Kier molecular flexibility index (Phi) is 8.10. The monoisotopic (exact) mass is 412 g/mol. The van der Waals surface area contributed by atoms with Crippen molar-refractivity contribution in [1.29, 1.82) is 0 Å². The molecule has 0 saturated carbocycles. The molecule has 8 nitrogen and oxygen atoms in total. The molecule has 0 aliphatic heterocycles. The molecule has 0 aliphatic rings. The average molecular weight is 412 g/mol. The van der Waals surface area contributed by atoms with Gasteiger partial charge in [-0.15, -0.1) is 0 Å². The van der Waals surface area contributed by atoms with Crippen molar-refractivity contribution in [3.8, 4) is 0 Å². The second kappa shape index (κ2) is 10.8.